The van der Waals surface area contributed by atoms with E-state index in [4.69, 9.17) is 44.5 Å². The number of halogens is 3. The summed E-state index contributed by atoms with van der Waals surface area (Å²) in [6.07, 6.45) is 5.87. The van der Waals surface area contributed by atoms with Gasteiger partial charge in [-0.1, -0.05) is 90.1 Å². The Kier molecular flexibility index (Phi) is 11.0. The minimum Gasteiger partial charge on any atom is -0.465 e. The van der Waals surface area contributed by atoms with Crippen molar-refractivity contribution < 1.29 is 19.1 Å². The van der Waals surface area contributed by atoms with Crippen LogP contribution < -0.4 is 10.2 Å². The minimum atomic E-state index is -0.531. The first-order chi connectivity index (χ1) is 27.6. The van der Waals surface area contributed by atoms with E-state index < -0.39 is 11.9 Å². The van der Waals surface area contributed by atoms with E-state index in [1.807, 2.05) is 64.9 Å². The van der Waals surface area contributed by atoms with Gasteiger partial charge in [-0.25, -0.2) is 9.78 Å². The third-order valence-electron chi connectivity index (χ3n) is 11.2. The molecule has 292 valence electrons. The number of imidazole rings is 1. The molecule has 2 amide bonds. The molecule has 0 spiro atoms. The number of rotatable bonds is 9. The Morgan fingerprint density at radius 1 is 0.877 bits per heavy atom. The number of anilines is 2. The second kappa shape index (κ2) is 16.3. The van der Waals surface area contributed by atoms with E-state index >= 15 is 0 Å². The van der Waals surface area contributed by atoms with Gasteiger partial charge in [-0.05, 0) is 67.8 Å². The van der Waals surface area contributed by atoms with Crippen LogP contribution in [0.15, 0.2) is 91.3 Å². The highest BCUT2D eigenvalue weighted by atomic mass is 35.5. The van der Waals surface area contributed by atoms with Crippen molar-refractivity contribution in [2.24, 2.45) is 5.92 Å². The second-order valence-corrected chi connectivity index (χ2v) is 15.9. The Labute approximate surface area is 345 Å². The summed E-state index contributed by atoms with van der Waals surface area (Å²) in [5, 5.41) is 5.43. The number of methoxy groups -OCH3 is 1. The highest BCUT2D eigenvalue weighted by Crippen LogP contribution is 2.43. The maximum atomic E-state index is 14.9. The normalized spacial score (nSPS) is 15.2. The number of carbonyl (C=O) groups is 3. The van der Waals surface area contributed by atoms with Gasteiger partial charge in [0, 0.05) is 69.2 Å². The van der Waals surface area contributed by atoms with E-state index in [0.29, 0.717) is 69.4 Å². The number of ether oxygens (including phenoxy) is 1. The lowest BCUT2D eigenvalue weighted by Crippen LogP contribution is -2.50. The Bertz CT molecular complexity index is 2480. The number of amides is 2. The maximum absolute atomic E-state index is 14.9. The topological polar surface area (TPSA) is 113 Å². The van der Waals surface area contributed by atoms with E-state index in [1.165, 1.54) is 7.11 Å². The molecule has 2 aliphatic rings. The quantitative estimate of drug-likeness (QED) is 0.141. The van der Waals surface area contributed by atoms with Gasteiger partial charge in [-0.3, -0.25) is 9.59 Å². The van der Waals surface area contributed by atoms with Crippen molar-refractivity contribution in [1.82, 2.24) is 19.4 Å². The molecular weight excluding hydrogens is 783 g/mol. The molecule has 13 heteroatoms. The fourth-order valence-corrected chi connectivity index (χ4v) is 8.96. The van der Waals surface area contributed by atoms with Gasteiger partial charge in [-0.15, -0.1) is 0 Å². The zero-order valence-corrected chi connectivity index (χ0v) is 33.8. The Morgan fingerprint density at radius 3 is 2.32 bits per heavy atom. The monoisotopic (exact) mass is 822 g/mol. The van der Waals surface area contributed by atoms with Crippen LogP contribution in [0.2, 0.25) is 15.1 Å². The number of benzene rings is 4. The summed E-state index contributed by atoms with van der Waals surface area (Å²) in [7, 11) is 1.32. The number of hydrogen-bond donors (Lipinski definition) is 2. The Balaban J connectivity index is 1.22. The average molecular weight is 824 g/mol. The molecule has 2 aromatic heterocycles. The van der Waals surface area contributed by atoms with Crippen molar-refractivity contribution >= 4 is 74.9 Å². The number of nitrogens with zero attached hydrogens (tertiary/aromatic N) is 4. The van der Waals surface area contributed by atoms with E-state index in [0.717, 1.165) is 47.9 Å². The van der Waals surface area contributed by atoms with Crippen LogP contribution in [-0.2, 0) is 9.53 Å². The number of fused-ring (bicyclic) bond motifs is 1. The number of esters is 1. The van der Waals surface area contributed by atoms with Gasteiger partial charge in [0.1, 0.15) is 5.69 Å². The summed E-state index contributed by atoms with van der Waals surface area (Å²) in [6.45, 7) is 4.29. The lowest BCUT2D eigenvalue weighted by molar-refractivity contribution is -0.135. The molecule has 0 unspecified atom stereocenters. The molecule has 6 aromatic rings. The Hall–Kier alpha value is -5.29. The van der Waals surface area contributed by atoms with Crippen LogP contribution in [0.3, 0.4) is 0 Å². The molecule has 1 aliphatic carbocycles. The third kappa shape index (κ3) is 7.61. The molecule has 2 N–H and O–H groups in total. The summed E-state index contributed by atoms with van der Waals surface area (Å²) in [5.74, 6) is -0.637. The highest BCUT2D eigenvalue weighted by molar-refractivity contribution is 6.35. The lowest BCUT2D eigenvalue weighted by Gasteiger charge is -2.38. The predicted octanol–water partition coefficient (Wildman–Crippen LogP) is 10.1. The average Bonchev–Trinajstić information content (AvgIpc) is 4.00. The molecule has 3 heterocycles. The van der Waals surface area contributed by atoms with Crippen LogP contribution in [-0.4, -0.2) is 70.5 Å². The lowest BCUT2D eigenvalue weighted by atomic mass is 9.99. The minimum absolute atomic E-state index is 0.107. The number of nitrogens with one attached hydrogen (secondary N) is 2. The SMILES string of the molecule is COC(=O)c1ccc(N2CCN(C(=O)C3CCCC3)CC2)c(NC(=O)c2[nH]c3cc(Cl)ccc3c2-c2c(-c3ccccc3)ncn2[C@@H](C)c2ccc(Cl)cc2Cl)c1. The molecule has 1 saturated heterocycles. The fourth-order valence-electron chi connectivity index (χ4n) is 8.23. The summed E-state index contributed by atoms with van der Waals surface area (Å²) in [4.78, 5) is 53.4. The maximum Gasteiger partial charge on any atom is 0.337 e. The molecular formula is C44H41Cl3N6O4. The van der Waals surface area contributed by atoms with Crippen molar-refractivity contribution in [3.63, 3.8) is 0 Å². The van der Waals surface area contributed by atoms with Crippen LogP contribution in [0.5, 0.6) is 0 Å². The van der Waals surface area contributed by atoms with Crippen molar-refractivity contribution in [3.05, 3.63) is 123 Å². The fraction of sp³-hybridized carbons (Fsp3) is 0.273. The zero-order chi connectivity index (χ0) is 39.8. The first-order valence-electron chi connectivity index (χ1n) is 19.1. The van der Waals surface area contributed by atoms with Crippen LogP contribution >= 0.6 is 34.8 Å². The molecule has 1 atom stereocenters. The van der Waals surface area contributed by atoms with Gasteiger partial charge < -0.3 is 29.4 Å². The molecule has 4 aromatic carbocycles. The summed E-state index contributed by atoms with van der Waals surface area (Å²) in [6, 6.07) is 25.5. The van der Waals surface area contributed by atoms with Gasteiger partial charge in [0.05, 0.1) is 47.8 Å². The van der Waals surface area contributed by atoms with Crippen molar-refractivity contribution in [3.8, 4) is 22.5 Å². The van der Waals surface area contributed by atoms with Crippen molar-refractivity contribution in [2.45, 2.75) is 38.6 Å². The summed E-state index contributed by atoms with van der Waals surface area (Å²) < 4.78 is 7.08. The standard InChI is InChI=1S/C44H41Cl3N6O4/c1-26(32-15-13-30(45)23-34(32)47)53-25-48-39(27-8-4-3-5-9-27)41(53)38-33-16-14-31(46)24-35(33)49-40(38)42(54)50-36-22-29(44(56)57-2)12-17-37(36)51-18-20-52(21-19-51)43(55)28-10-6-7-11-28/h3-5,8-9,12-17,22-26,28,49H,6-7,10-11,18-21H2,1-2H3,(H,50,54)/t26-/m0/s1. The number of aromatic amines is 1. The largest absolute Gasteiger partial charge is 0.465 e. The number of carbonyl (C=O) groups excluding carboxylic acids is 3. The second-order valence-electron chi connectivity index (χ2n) is 14.6. The van der Waals surface area contributed by atoms with Crippen LogP contribution in [0.25, 0.3) is 33.4 Å². The molecule has 8 rings (SSSR count). The van der Waals surface area contributed by atoms with Crippen LogP contribution in [0.1, 0.15) is 65.1 Å². The number of hydrogen-bond acceptors (Lipinski definition) is 6. The predicted molar refractivity (Wildman–Crippen MR) is 227 cm³/mol. The first-order valence-corrected chi connectivity index (χ1v) is 20.2. The molecule has 1 saturated carbocycles. The van der Waals surface area contributed by atoms with E-state index in [1.54, 1.807) is 42.7 Å². The van der Waals surface area contributed by atoms with Crippen molar-refractivity contribution in [1.29, 1.82) is 0 Å². The number of H-pyrrole nitrogens is 1. The summed E-state index contributed by atoms with van der Waals surface area (Å²) in [5.41, 5.74) is 5.99. The van der Waals surface area contributed by atoms with Gasteiger partial charge in [0.15, 0.2) is 0 Å². The third-order valence-corrected chi connectivity index (χ3v) is 12.0. The van der Waals surface area contributed by atoms with Crippen LogP contribution in [0.4, 0.5) is 11.4 Å². The molecule has 2 fully saturated rings. The van der Waals surface area contributed by atoms with Gasteiger partial charge >= 0.3 is 5.97 Å². The van der Waals surface area contributed by atoms with E-state index in [2.05, 4.69) is 15.2 Å². The number of piperazine rings is 1. The zero-order valence-electron chi connectivity index (χ0n) is 31.5. The van der Waals surface area contributed by atoms with Crippen LogP contribution in [0, 0.1) is 5.92 Å². The molecule has 57 heavy (non-hydrogen) atoms. The number of aromatic nitrogens is 3. The van der Waals surface area contributed by atoms with Gasteiger partial charge in [0.2, 0.25) is 5.91 Å². The molecule has 10 nitrogen and oxygen atoms in total. The van der Waals surface area contributed by atoms with Gasteiger partial charge in [0.25, 0.3) is 5.91 Å². The van der Waals surface area contributed by atoms with Crippen molar-refractivity contribution in [2.75, 3.05) is 43.5 Å². The smallest absolute Gasteiger partial charge is 0.337 e. The molecule has 0 radical (unpaired) electrons. The van der Waals surface area contributed by atoms with E-state index in [-0.39, 0.29) is 29.1 Å². The summed E-state index contributed by atoms with van der Waals surface area (Å²) >= 11 is 19.6. The highest BCUT2D eigenvalue weighted by Gasteiger charge is 2.32. The first kappa shape index (κ1) is 38.6. The molecule has 0 bridgehead atoms. The Morgan fingerprint density at radius 2 is 1.60 bits per heavy atom. The molecule has 1 aliphatic heterocycles. The van der Waals surface area contributed by atoms with Gasteiger partial charge in [-0.2, -0.15) is 0 Å². The van der Waals surface area contributed by atoms with E-state index in [9.17, 15) is 14.4 Å².